The van der Waals surface area contributed by atoms with Crippen molar-refractivity contribution in [2.45, 2.75) is 57.9 Å². The predicted octanol–water partition coefficient (Wildman–Crippen LogP) is 3.99. The second-order valence-corrected chi connectivity index (χ2v) is 5.68. The molecule has 1 rings (SSSR count). The maximum Gasteiger partial charge on any atom is 0.122 e. The van der Waals surface area contributed by atoms with Crippen molar-refractivity contribution in [3.05, 3.63) is 29.8 Å². The van der Waals surface area contributed by atoms with Crippen molar-refractivity contribution in [3.63, 3.8) is 0 Å². The summed E-state index contributed by atoms with van der Waals surface area (Å²) in [7, 11) is 0. The van der Waals surface area contributed by atoms with Gasteiger partial charge in [-0.1, -0.05) is 32.0 Å². The largest absolute Gasteiger partial charge is 0.493 e. The molecule has 0 aliphatic carbocycles. The zero-order chi connectivity index (χ0) is 15.0. The molecule has 0 spiro atoms. The molecule has 0 bridgehead atoms. The van der Waals surface area contributed by atoms with Crippen molar-refractivity contribution in [1.82, 2.24) is 0 Å². The summed E-state index contributed by atoms with van der Waals surface area (Å²) >= 11 is 0. The van der Waals surface area contributed by atoms with Crippen molar-refractivity contribution < 1.29 is 4.74 Å². The van der Waals surface area contributed by atoms with Crippen LogP contribution in [0.3, 0.4) is 0 Å². The Bertz CT molecular complexity index is 449. The Hall–Kier alpha value is -1.53. The second kappa shape index (κ2) is 7.91. The van der Waals surface area contributed by atoms with E-state index < -0.39 is 5.54 Å². The first-order valence-electron chi connectivity index (χ1n) is 7.42. The molecule has 1 aromatic carbocycles. The quantitative estimate of drug-likeness (QED) is 0.729. The molecular weight excluding hydrogens is 248 g/mol. The molecule has 0 aromatic heterocycles. The van der Waals surface area contributed by atoms with Gasteiger partial charge in [-0.15, -0.1) is 0 Å². The Balaban J connectivity index is 2.41. The van der Waals surface area contributed by atoms with Crippen LogP contribution >= 0.6 is 0 Å². The average Bonchev–Trinajstić information content (AvgIpc) is 2.46. The number of unbranched alkanes of at least 4 members (excludes halogenated alkanes) is 1. The molecule has 0 aliphatic heterocycles. The molecule has 0 saturated carbocycles. The van der Waals surface area contributed by atoms with Gasteiger partial charge in [0.1, 0.15) is 11.3 Å². The van der Waals surface area contributed by atoms with E-state index >= 15 is 0 Å². The topological polar surface area (TPSA) is 59.0 Å². The fourth-order valence-corrected chi connectivity index (χ4v) is 2.07. The molecule has 0 saturated heterocycles. The third-order valence-electron chi connectivity index (χ3n) is 3.67. The first-order valence-corrected chi connectivity index (χ1v) is 7.42. The van der Waals surface area contributed by atoms with Crippen LogP contribution in [0.4, 0.5) is 0 Å². The SMILES string of the molecule is CCC(C)c1ccccc1OCCCCC(C)(N)C#N. The van der Waals surface area contributed by atoms with Gasteiger partial charge in [-0.25, -0.2) is 0 Å². The average molecular weight is 274 g/mol. The lowest BCUT2D eigenvalue weighted by Crippen LogP contribution is -2.33. The highest BCUT2D eigenvalue weighted by Crippen LogP contribution is 2.28. The second-order valence-electron chi connectivity index (χ2n) is 5.68. The summed E-state index contributed by atoms with van der Waals surface area (Å²) in [4.78, 5) is 0. The van der Waals surface area contributed by atoms with Crippen molar-refractivity contribution in [1.29, 1.82) is 5.26 Å². The van der Waals surface area contributed by atoms with Crippen molar-refractivity contribution in [2.24, 2.45) is 5.73 Å². The number of nitriles is 1. The molecule has 2 unspecified atom stereocenters. The third kappa shape index (κ3) is 5.22. The highest BCUT2D eigenvalue weighted by atomic mass is 16.5. The molecule has 110 valence electrons. The molecule has 0 heterocycles. The lowest BCUT2D eigenvalue weighted by atomic mass is 9.97. The lowest BCUT2D eigenvalue weighted by Gasteiger charge is -2.17. The van der Waals surface area contributed by atoms with Gasteiger partial charge < -0.3 is 10.5 Å². The number of nitrogens with zero attached hydrogens (tertiary/aromatic N) is 1. The Kier molecular flexibility index (Phi) is 6.54. The van der Waals surface area contributed by atoms with E-state index in [4.69, 9.17) is 15.7 Å². The molecule has 1 aromatic rings. The van der Waals surface area contributed by atoms with Crippen LogP contribution in [0.1, 0.15) is 57.9 Å². The summed E-state index contributed by atoms with van der Waals surface area (Å²) in [5, 5.41) is 8.85. The van der Waals surface area contributed by atoms with Crippen LogP contribution in [0.25, 0.3) is 0 Å². The number of para-hydroxylation sites is 1. The summed E-state index contributed by atoms with van der Waals surface area (Å²) in [6, 6.07) is 10.3. The first kappa shape index (κ1) is 16.5. The van der Waals surface area contributed by atoms with Crippen LogP contribution in [0, 0.1) is 11.3 Å². The monoisotopic (exact) mass is 274 g/mol. The number of benzene rings is 1. The summed E-state index contributed by atoms with van der Waals surface area (Å²) in [6.07, 6.45) is 3.64. The zero-order valence-electron chi connectivity index (χ0n) is 12.9. The molecular formula is C17H26N2O. The van der Waals surface area contributed by atoms with E-state index in [9.17, 15) is 0 Å². The Morgan fingerprint density at radius 1 is 1.35 bits per heavy atom. The molecule has 2 atom stereocenters. The number of nitrogens with two attached hydrogens (primary N) is 1. The molecule has 0 fully saturated rings. The van der Waals surface area contributed by atoms with E-state index in [1.807, 2.05) is 12.1 Å². The Labute approximate surface area is 122 Å². The maximum atomic E-state index is 8.85. The smallest absolute Gasteiger partial charge is 0.122 e. The van der Waals surface area contributed by atoms with Gasteiger partial charge in [0.15, 0.2) is 0 Å². The summed E-state index contributed by atoms with van der Waals surface area (Å²) in [5.41, 5.74) is 6.35. The number of rotatable bonds is 8. The van der Waals surface area contributed by atoms with Gasteiger partial charge in [-0.3, -0.25) is 0 Å². The van der Waals surface area contributed by atoms with E-state index in [1.54, 1.807) is 6.92 Å². The molecule has 3 heteroatoms. The van der Waals surface area contributed by atoms with Crippen LogP contribution in [0.2, 0.25) is 0 Å². The van der Waals surface area contributed by atoms with Crippen LogP contribution in [0.5, 0.6) is 5.75 Å². The van der Waals surface area contributed by atoms with Gasteiger partial charge in [-0.2, -0.15) is 5.26 Å². The lowest BCUT2D eigenvalue weighted by molar-refractivity contribution is 0.296. The van der Waals surface area contributed by atoms with Gasteiger partial charge in [0.05, 0.1) is 12.7 Å². The van der Waals surface area contributed by atoms with E-state index in [2.05, 4.69) is 32.0 Å². The van der Waals surface area contributed by atoms with Gasteiger partial charge in [0.25, 0.3) is 0 Å². The molecule has 2 N–H and O–H groups in total. The number of hydrogen-bond acceptors (Lipinski definition) is 3. The highest BCUT2D eigenvalue weighted by molar-refractivity contribution is 5.35. The fraction of sp³-hybridized carbons (Fsp3) is 0.588. The molecule has 0 amide bonds. The minimum Gasteiger partial charge on any atom is -0.493 e. The maximum absolute atomic E-state index is 8.85. The van der Waals surface area contributed by atoms with Crippen LogP contribution in [-0.2, 0) is 0 Å². The third-order valence-corrected chi connectivity index (χ3v) is 3.67. The van der Waals surface area contributed by atoms with Gasteiger partial charge in [0, 0.05) is 0 Å². The Morgan fingerprint density at radius 3 is 2.70 bits per heavy atom. The summed E-state index contributed by atoms with van der Waals surface area (Å²) < 4.78 is 5.88. The van der Waals surface area contributed by atoms with E-state index in [1.165, 1.54) is 5.56 Å². The fourth-order valence-electron chi connectivity index (χ4n) is 2.07. The van der Waals surface area contributed by atoms with Crippen LogP contribution < -0.4 is 10.5 Å². The minimum atomic E-state index is -0.714. The van der Waals surface area contributed by atoms with Crippen LogP contribution in [-0.4, -0.2) is 12.1 Å². The molecule has 3 nitrogen and oxygen atoms in total. The molecule has 0 radical (unpaired) electrons. The van der Waals surface area contributed by atoms with Crippen LogP contribution in [0.15, 0.2) is 24.3 Å². The molecule has 0 aliphatic rings. The van der Waals surface area contributed by atoms with E-state index in [0.29, 0.717) is 18.9 Å². The Morgan fingerprint density at radius 2 is 2.05 bits per heavy atom. The van der Waals surface area contributed by atoms with Crippen molar-refractivity contribution in [3.8, 4) is 11.8 Å². The normalized spacial score (nSPS) is 15.2. The number of ether oxygens (including phenoxy) is 1. The standard InChI is InChI=1S/C17H26N2O/c1-4-14(2)15-9-5-6-10-16(15)20-12-8-7-11-17(3,19)13-18/h5-6,9-10,14H,4,7-8,11-12,19H2,1-3H3. The molecule has 20 heavy (non-hydrogen) atoms. The highest BCUT2D eigenvalue weighted by Gasteiger charge is 2.16. The summed E-state index contributed by atoms with van der Waals surface area (Å²) in [5.74, 6) is 1.50. The van der Waals surface area contributed by atoms with Gasteiger partial charge in [0.2, 0.25) is 0 Å². The minimum absolute atomic E-state index is 0.511. The van der Waals surface area contributed by atoms with E-state index in [-0.39, 0.29) is 0 Å². The van der Waals surface area contributed by atoms with Gasteiger partial charge >= 0.3 is 0 Å². The van der Waals surface area contributed by atoms with Crippen molar-refractivity contribution in [2.75, 3.05) is 6.61 Å². The van der Waals surface area contributed by atoms with Gasteiger partial charge in [-0.05, 0) is 50.2 Å². The van der Waals surface area contributed by atoms with Crippen molar-refractivity contribution >= 4 is 0 Å². The first-order chi connectivity index (χ1) is 9.50. The van der Waals surface area contributed by atoms with E-state index in [0.717, 1.165) is 25.0 Å². The summed E-state index contributed by atoms with van der Waals surface area (Å²) in [6.45, 7) is 6.85. The predicted molar refractivity (Wildman–Crippen MR) is 82.7 cm³/mol. The number of hydrogen-bond donors (Lipinski definition) is 1. The zero-order valence-corrected chi connectivity index (χ0v) is 12.9.